The summed E-state index contributed by atoms with van der Waals surface area (Å²) in [5, 5.41) is 6.94. The van der Waals surface area contributed by atoms with Crippen LogP contribution in [0.2, 0.25) is 0 Å². The molecule has 2 atom stereocenters. The summed E-state index contributed by atoms with van der Waals surface area (Å²) < 4.78 is 12.6. The first-order valence-corrected chi connectivity index (χ1v) is 13.3. The highest BCUT2D eigenvalue weighted by Crippen LogP contribution is 2.66. The third kappa shape index (κ3) is 5.70. The van der Waals surface area contributed by atoms with Gasteiger partial charge in [-0.2, -0.15) is 0 Å². The first kappa shape index (κ1) is 24.8. The highest BCUT2D eigenvalue weighted by atomic mass is 79.9. The van der Waals surface area contributed by atoms with E-state index in [0.29, 0.717) is 28.9 Å². The fourth-order valence-electron chi connectivity index (χ4n) is 7.65. The molecule has 6 heteroatoms. The van der Waals surface area contributed by atoms with Gasteiger partial charge in [0.1, 0.15) is 0 Å². The van der Waals surface area contributed by atoms with Crippen LogP contribution in [0.3, 0.4) is 0 Å². The number of ether oxygens (including phenoxy) is 2. The second-order valence-corrected chi connectivity index (χ2v) is 13.5. The summed E-state index contributed by atoms with van der Waals surface area (Å²) in [4.78, 5) is 12.2. The van der Waals surface area contributed by atoms with Crippen LogP contribution in [-0.4, -0.2) is 30.2 Å². The van der Waals surface area contributed by atoms with E-state index < -0.39 is 0 Å². The van der Waals surface area contributed by atoms with Crippen LogP contribution in [0.5, 0.6) is 11.5 Å². The van der Waals surface area contributed by atoms with Gasteiger partial charge in [0.2, 0.25) is 0 Å². The lowest BCUT2D eigenvalue weighted by molar-refractivity contribution is -0.124. The number of hydrogen-bond acceptors (Lipinski definition) is 4. The van der Waals surface area contributed by atoms with Gasteiger partial charge in [-0.25, -0.2) is 0 Å². The molecule has 1 aromatic carbocycles. The maximum Gasteiger partial charge on any atom is 0.258 e. The van der Waals surface area contributed by atoms with Gasteiger partial charge >= 0.3 is 0 Å². The predicted molar refractivity (Wildman–Crippen MR) is 136 cm³/mol. The molecular weight excluding hydrogens is 480 g/mol. The average molecular weight is 522 g/mol. The first-order chi connectivity index (χ1) is 15.3. The number of halogens is 1. The first-order valence-electron chi connectivity index (χ1n) is 12.5. The zero-order valence-electron chi connectivity index (χ0n) is 21.2. The molecule has 1 amide bonds. The number of carbonyl (C=O) groups excluding carboxylic acids is 1. The Bertz CT molecular complexity index is 891. The standard InChI is InChI=1S/C27H41BrN2O3/c1-7-32-21-9-18(8-20(28)23(21)33-14-22(31)30-24(2,3)4)13-29-27-12-19-10-25(5,16-27)15-26(6,11-19)17-27/h8-9,19,29H,7,10-17H2,1-6H3,(H,30,31)/t19?,25-,26-,27?/m0/s1. The van der Waals surface area contributed by atoms with E-state index in [2.05, 4.69) is 52.5 Å². The Hall–Kier alpha value is -1.27. The largest absolute Gasteiger partial charge is 0.490 e. The van der Waals surface area contributed by atoms with Crippen molar-refractivity contribution in [3.8, 4) is 11.5 Å². The molecule has 5 nitrogen and oxygen atoms in total. The minimum absolute atomic E-state index is 0.0464. The third-order valence-corrected chi connectivity index (χ3v) is 8.11. The molecule has 4 fully saturated rings. The topological polar surface area (TPSA) is 59.6 Å². The number of nitrogens with one attached hydrogen (secondary N) is 2. The smallest absolute Gasteiger partial charge is 0.258 e. The molecule has 5 rings (SSSR count). The van der Waals surface area contributed by atoms with E-state index in [1.807, 2.05) is 27.7 Å². The molecule has 184 valence electrons. The second-order valence-electron chi connectivity index (χ2n) is 12.7. The molecule has 4 aliphatic carbocycles. The molecule has 1 aromatic rings. The Labute approximate surface area is 207 Å². The zero-order valence-corrected chi connectivity index (χ0v) is 22.8. The van der Waals surface area contributed by atoms with Gasteiger partial charge < -0.3 is 20.1 Å². The SMILES string of the molecule is CCOc1cc(CNC23CC4C[C@](C)(C2)C[C@](C)(C4)C3)cc(Br)c1OCC(=O)NC(C)(C)C. The molecule has 0 radical (unpaired) electrons. The average Bonchev–Trinajstić information content (AvgIpc) is 2.61. The summed E-state index contributed by atoms with van der Waals surface area (Å²) in [7, 11) is 0. The monoisotopic (exact) mass is 520 g/mol. The van der Waals surface area contributed by atoms with Gasteiger partial charge in [-0.05, 0) is 117 Å². The number of amides is 1. The lowest BCUT2D eigenvalue weighted by atomic mass is 9.43. The molecule has 0 heterocycles. The molecule has 0 aromatic heterocycles. The van der Waals surface area contributed by atoms with E-state index in [9.17, 15) is 4.79 Å². The fourth-order valence-corrected chi connectivity index (χ4v) is 8.26. The highest BCUT2D eigenvalue weighted by molar-refractivity contribution is 9.10. The summed E-state index contributed by atoms with van der Waals surface area (Å²) in [6, 6.07) is 4.15. The molecule has 0 aliphatic heterocycles. The molecular formula is C27H41BrN2O3. The van der Waals surface area contributed by atoms with Crippen LogP contribution < -0.4 is 20.1 Å². The van der Waals surface area contributed by atoms with Crippen molar-refractivity contribution in [1.29, 1.82) is 0 Å². The molecule has 0 saturated heterocycles. The zero-order chi connectivity index (χ0) is 24.1. The molecule has 0 spiro atoms. The second kappa shape index (κ2) is 8.75. The summed E-state index contributed by atoms with van der Waals surface area (Å²) in [5.74, 6) is 1.98. The summed E-state index contributed by atoms with van der Waals surface area (Å²) in [5.41, 5.74) is 2.11. The number of hydrogen-bond donors (Lipinski definition) is 2. The lowest BCUT2D eigenvalue weighted by Gasteiger charge is -2.65. The van der Waals surface area contributed by atoms with Gasteiger partial charge in [-0.1, -0.05) is 13.8 Å². The van der Waals surface area contributed by atoms with E-state index in [4.69, 9.17) is 9.47 Å². The lowest BCUT2D eigenvalue weighted by Crippen LogP contribution is -2.63. The Balaban J connectivity index is 1.46. The fraction of sp³-hybridized carbons (Fsp3) is 0.741. The summed E-state index contributed by atoms with van der Waals surface area (Å²) in [6.45, 7) is 14.2. The predicted octanol–water partition coefficient (Wildman–Crippen LogP) is 5.98. The van der Waals surface area contributed by atoms with Crippen molar-refractivity contribution in [2.45, 2.75) is 97.7 Å². The van der Waals surface area contributed by atoms with E-state index in [1.165, 1.54) is 44.1 Å². The Morgan fingerprint density at radius 3 is 2.33 bits per heavy atom. The maximum atomic E-state index is 12.2. The molecule has 0 unspecified atom stereocenters. The molecule has 33 heavy (non-hydrogen) atoms. The maximum absolute atomic E-state index is 12.2. The summed E-state index contributed by atoms with van der Waals surface area (Å²) >= 11 is 3.67. The molecule has 4 saturated carbocycles. The minimum atomic E-state index is -0.290. The van der Waals surface area contributed by atoms with Gasteiger partial charge in [0, 0.05) is 17.6 Å². The van der Waals surface area contributed by atoms with Crippen molar-refractivity contribution in [2.24, 2.45) is 16.7 Å². The van der Waals surface area contributed by atoms with Gasteiger partial charge in [-0.3, -0.25) is 4.79 Å². The Kier molecular flexibility index (Phi) is 6.58. The van der Waals surface area contributed by atoms with Crippen LogP contribution in [-0.2, 0) is 11.3 Å². The van der Waals surface area contributed by atoms with Crippen molar-refractivity contribution in [3.05, 3.63) is 22.2 Å². The van der Waals surface area contributed by atoms with Crippen molar-refractivity contribution in [3.63, 3.8) is 0 Å². The van der Waals surface area contributed by atoms with Crippen LogP contribution in [0.1, 0.15) is 85.6 Å². The highest BCUT2D eigenvalue weighted by Gasteiger charge is 2.59. The van der Waals surface area contributed by atoms with Crippen LogP contribution in [0.4, 0.5) is 0 Å². The van der Waals surface area contributed by atoms with E-state index >= 15 is 0 Å². The summed E-state index contributed by atoms with van der Waals surface area (Å²) in [6.07, 6.45) is 8.07. The minimum Gasteiger partial charge on any atom is -0.490 e. The Morgan fingerprint density at radius 2 is 1.76 bits per heavy atom. The van der Waals surface area contributed by atoms with Crippen LogP contribution in [0.25, 0.3) is 0 Å². The van der Waals surface area contributed by atoms with E-state index in [-0.39, 0.29) is 23.6 Å². The van der Waals surface area contributed by atoms with Gasteiger partial charge in [0.05, 0.1) is 11.1 Å². The number of carbonyl (C=O) groups is 1. The third-order valence-electron chi connectivity index (χ3n) is 7.52. The van der Waals surface area contributed by atoms with Crippen molar-refractivity contribution in [2.75, 3.05) is 13.2 Å². The Morgan fingerprint density at radius 1 is 1.09 bits per heavy atom. The number of rotatable bonds is 8. The van der Waals surface area contributed by atoms with Crippen LogP contribution in [0.15, 0.2) is 16.6 Å². The molecule has 4 bridgehead atoms. The number of benzene rings is 1. The normalized spacial score (nSPS) is 32.6. The van der Waals surface area contributed by atoms with Crippen molar-refractivity contribution >= 4 is 21.8 Å². The molecule has 4 aliphatic rings. The molecule has 2 N–H and O–H groups in total. The quantitative estimate of drug-likeness (QED) is 0.442. The van der Waals surface area contributed by atoms with Gasteiger partial charge in [-0.15, -0.1) is 0 Å². The van der Waals surface area contributed by atoms with E-state index in [1.54, 1.807) is 0 Å². The van der Waals surface area contributed by atoms with Gasteiger partial charge in [0.25, 0.3) is 5.91 Å². The van der Waals surface area contributed by atoms with Crippen molar-refractivity contribution < 1.29 is 14.3 Å². The van der Waals surface area contributed by atoms with E-state index in [0.717, 1.165) is 16.9 Å². The van der Waals surface area contributed by atoms with Crippen LogP contribution >= 0.6 is 15.9 Å². The van der Waals surface area contributed by atoms with Gasteiger partial charge in [0.15, 0.2) is 18.1 Å². The van der Waals surface area contributed by atoms with Crippen molar-refractivity contribution in [1.82, 2.24) is 10.6 Å². The van der Waals surface area contributed by atoms with Crippen LogP contribution in [0, 0.1) is 16.7 Å².